The highest BCUT2D eigenvalue weighted by molar-refractivity contribution is 6.12. The number of para-hydroxylation sites is 3. The second kappa shape index (κ2) is 11.8. The van der Waals surface area contributed by atoms with Crippen molar-refractivity contribution in [3.63, 3.8) is 0 Å². The van der Waals surface area contributed by atoms with Crippen LogP contribution in [0.25, 0.3) is 55.0 Å². The van der Waals surface area contributed by atoms with Gasteiger partial charge in [-0.3, -0.25) is 0 Å². The Morgan fingerprint density at radius 1 is 0.392 bits per heavy atom. The summed E-state index contributed by atoms with van der Waals surface area (Å²) >= 11 is 0. The highest BCUT2D eigenvalue weighted by Crippen LogP contribution is 2.42. The fraction of sp³-hybridized carbons (Fsp3) is 0. The molecule has 0 saturated heterocycles. The van der Waals surface area contributed by atoms with E-state index < -0.39 is 11.9 Å². The number of aromatic carboxylic acids is 2. The summed E-state index contributed by atoms with van der Waals surface area (Å²) in [5, 5.41) is 23.3. The van der Waals surface area contributed by atoms with E-state index >= 15 is 0 Å². The molecular weight excluding hydrogens is 635 g/mol. The van der Waals surface area contributed by atoms with E-state index in [4.69, 9.17) is 0 Å². The zero-order valence-corrected chi connectivity index (χ0v) is 27.1. The lowest BCUT2D eigenvalue weighted by atomic mass is 10.1. The van der Waals surface area contributed by atoms with Gasteiger partial charge in [0.05, 0.1) is 33.2 Å². The van der Waals surface area contributed by atoms with Crippen LogP contribution in [0.15, 0.2) is 164 Å². The molecule has 9 aromatic rings. The van der Waals surface area contributed by atoms with Gasteiger partial charge in [0.25, 0.3) is 0 Å². The van der Waals surface area contributed by atoms with Crippen molar-refractivity contribution in [3.8, 4) is 11.4 Å². The molecule has 2 N–H and O–H groups in total. The number of carboxylic acids is 2. The van der Waals surface area contributed by atoms with Crippen molar-refractivity contribution in [2.45, 2.75) is 0 Å². The highest BCUT2D eigenvalue weighted by Gasteiger charge is 2.20. The van der Waals surface area contributed by atoms with Crippen LogP contribution in [0.2, 0.25) is 0 Å². The van der Waals surface area contributed by atoms with Crippen molar-refractivity contribution in [2.24, 2.45) is 0 Å². The third kappa shape index (κ3) is 4.90. The summed E-state index contributed by atoms with van der Waals surface area (Å²) in [4.78, 5) is 25.4. The molecule has 0 spiro atoms. The summed E-state index contributed by atoms with van der Waals surface area (Å²) in [6.07, 6.45) is 0. The van der Waals surface area contributed by atoms with Crippen LogP contribution >= 0.6 is 0 Å². The molecule has 0 atom stereocenters. The molecule has 0 saturated carbocycles. The second-order valence-electron chi connectivity index (χ2n) is 12.5. The molecule has 9 rings (SSSR count). The van der Waals surface area contributed by atoms with Crippen LogP contribution in [0.1, 0.15) is 20.7 Å². The van der Waals surface area contributed by atoms with Crippen LogP contribution in [0, 0.1) is 0 Å². The summed E-state index contributed by atoms with van der Waals surface area (Å²) in [5.74, 6) is -1.90. The first-order valence-electron chi connectivity index (χ1n) is 16.6. The van der Waals surface area contributed by atoms with E-state index in [9.17, 15) is 19.8 Å². The van der Waals surface area contributed by atoms with Crippen LogP contribution in [0.4, 0.5) is 17.1 Å². The van der Waals surface area contributed by atoms with Gasteiger partial charge in [-0.25, -0.2) is 9.59 Å². The van der Waals surface area contributed by atoms with E-state index in [-0.39, 0.29) is 11.1 Å². The Kier molecular flexibility index (Phi) is 6.93. The van der Waals surface area contributed by atoms with Gasteiger partial charge < -0.3 is 24.2 Å². The van der Waals surface area contributed by atoms with Gasteiger partial charge in [0.15, 0.2) is 0 Å². The smallest absolute Gasteiger partial charge is 0.335 e. The van der Waals surface area contributed by atoms with Gasteiger partial charge in [0.2, 0.25) is 0 Å². The molecule has 51 heavy (non-hydrogen) atoms. The number of benzene rings is 7. The molecule has 0 aliphatic heterocycles. The molecule has 7 heteroatoms. The molecule has 0 unspecified atom stereocenters. The first kappa shape index (κ1) is 30.0. The summed E-state index contributed by atoms with van der Waals surface area (Å²) in [5.41, 5.74) is 9.36. The summed E-state index contributed by atoms with van der Waals surface area (Å²) in [6.45, 7) is 0. The van der Waals surface area contributed by atoms with Crippen LogP contribution in [-0.4, -0.2) is 31.3 Å². The largest absolute Gasteiger partial charge is 0.478 e. The molecule has 0 bridgehead atoms. The lowest BCUT2D eigenvalue weighted by Crippen LogP contribution is -2.09. The number of rotatable bonds is 7. The molecule has 0 aliphatic carbocycles. The Labute approximate surface area is 292 Å². The van der Waals surface area contributed by atoms with Crippen LogP contribution in [-0.2, 0) is 0 Å². The van der Waals surface area contributed by atoms with E-state index in [1.165, 1.54) is 0 Å². The predicted octanol–water partition coefficient (Wildman–Crippen LogP) is 10.7. The topological polar surface area (TPSA) is 87.7 Å². The SMILES string of the molecule is O=C(O)c1ccc(-n2c3ccccc3c3cc(N(c4ccccc4)c4ccc5c(c4)c4ccccc4n5-c4ccc(C(=O)O)cc4)ccc32)cc1. The summed E-state index contributed by atoms with van der Waals surface area (Å²) in [6, 6.07) is 53.8. The molecule has 2 aromatic heterocycles. The number of aromatic nitrogens is 2. The minimum atomic E-state index is -0.952. The van der Waals surface area contributed by atoms with E-state index in [0.717, 1.165) is 72.0 Å². The normalized spacial score (nSPS) is 11.5. The van der Waals surface area contributed by atoms with Crippen molar-refractivity contribution in [1.29, 1.82) is 0 Å². The molecule has 0 aliphatic rings. The minimum absolute atomic E-state index is 0.247. The van der Waals surface area contributed by atoms with E-state index in [0.29, 0.717) is 0 Å². The number of carboxylic acid groups (broad SMARTS) is 2. The van der Waals surface area contributed by atoms with Crippen molar-refractivity contribution >= 4 is 72.6 Å². The maximum Gasteiger partial charge on any atom is 0.335 e. The minimum Gasteiger partial charge on any atom is -0.478 e. The van der Waals surface area contributed by atoms with Gasteiger partial charge in [0, 0.05) is 50.0 Å². The number of anilines is 3. The van der Waals surface area contributed by atoms with Crippen LogP contribution in [0.3, 0.4) is 0 Å². The zero-order valence-electron chi connectivity index (χ0n) is 27.1. The Balaban J connectivity index is 1.24. The van der Waals surface area contributed by atoms with Gasteiger partial charge in [-0.1, -0.05) is 54.6 Å². The molecule has 0 fully saturated rings. The monoisotopic (exact) mass is 663 g/mol. The fourth-order valence-corrected chi connectivity index (χ4v) is 7.29. The van der Waals surface area contributed by atoms with Crippen molar-refractivity contribution in [1.82, 2.24) is 9.13 Å². The zero-order chi connectivity index (χ0) is 34.6. The Morgan fingerprint density at radius 3 is 1.22 bits per heavy atom. The average molecular weight is 664 g/mol. The quantitative estimate of drug-likeness (QED) is 0.177. The third-order valence-electron chi connectivity index (χ3n) is 9.59. The van der Waals surface area contributed by atoms with Crippen molar-refractivity contribution < 1.29 is 19.8 Å². The van der Waals surface area contributed by atoms with E-state index in [2.05, 4.69) is 86.8 Å². The van der Waals surface area contributed by atoms with E-state index in [1.807, 2.05) is 66.7 Å². The van der Waals surface area contributed by atoms with Gasteiger partial charge in [-0.05, 0) is 109 Å². The predicted molar refractivity (Wildman–Crippen MR) is 204 cm³/mol. The lowest BCUT2D eigenvalue weighted by molar-refractivity contribution is 0.0686. The maximum atomic E-state index is 11.6. The van der Waals surface area contributed by atoms with E-state index in [1.54, 1.807) is 24.3 Å². The first-order valence-corrected chi connectivity index (χ1v) is 16.6. The molecule has 244 valence electrons. The highest BCUT2D eigenvalue weighted by atomic mass is 16.4. The molecule has 0 amide bonds. The molecule has 0 radical (unpaired) electrons. The summed E-state index contributed by atoms with van der Waals surface area (Å²) in [7, 11) is 0. The average Bonchev–Trinajstić information content (AvgIpc) is 3.68. The lowest BCUT2D eigenvalue weighted by Gasteiger charge is -2.26. The number of fused-ring (bicyclic) bond motifs is 6. The molecule has 7 nitrogen and oxygen atoms in total. The Morgan fingerprint density at radius 2 is 0.784 bits per heavy atom. The van der Waals surface area contributed by atoms with Gasteiger partial charge in [-0.2, -0.15) is 0 Å². The van der Waals surface area contributed by atoms with Crippen LogP contribution < -0.4 is 4.90 Å². The number of hydrogen-bond acceptors (Lipinski definition) is 3. The van der Waals surface area contributed by atoms with Crippen molar-refractivity contribution in [2.75, 3.05) is 4.90 Å². The van der Waals surface area contributed by atoms with Crippen molar-refractivity contribution in [3.05, 3.63) is 175 Å². The first-order chi connectivity index (χ1) is 25.0. The molecule has 2 heterocycles. The molecule has 7 aromatic carbocycles. The standard InChI is InChI=1S/C44H29N3O4/c48-43(49)28-14-18-31(19-15-28)46-39-12-6-4-10-35(39)37-26-33(22-24-41(37)46)45(30-8-2-1-3-9-30)34-23-25-42-38(27-34)36-11-5-7-13-40(36)47(42)32-20-16-29(17-21-32)44(50)51/h1-27H,(H,48,49)(H,50,51). The second-order valence-corrected chi connectivity index (χ2v) is 12.5. The number of carbonyl (C=O) groups is 2. The number of nitrogens with zero attached hydrogens (tertiary/aromatic N) is 3. The third-order valence-corrected chi connectivity index (χ3v) is 9.59. The Bertz CT molecular complexity index is 2620. The fourth-order valence-electron chi connectivity index (χ4n) is 7.29. The maximum absolute atomic E-state index is 11.6. The Hall–Kier alpha value is -7.12. The van der Waals surface area contributed by atoms with Gasteiger partial charge in [0.1, 0.15) is 0 Å². The number of hydrogen-bond donors (Lipinski definition) is 2. The van der Waals surface area contributed by atoms with Gasteiger partial charge in [-0.15, -0.1) is 0 Å². The van der Waals surface area contributed by atoms with Gasteiger partial charge >= 0.3 is 11.9 Å². The summed E-state index contributed by atoms with van der Waals surface area (Å²) < 4.78 is 4.35. The van der Waals surface area contributed by atoms with Crippen LogP contribution in [0.5, 0.6) is 0 Å². The molecular formula is C44H29N3O4.